The Balaban J connectivity index is 2.38. The quantitative estimate of drug-likeness (QED) is 0.357. The van der Waals surface area contributed by atoms with Crippen LogP contribution in [0, 0.1) is 0 Å². The van der Waals surface area contributed by atoms with Crippen molar-refractivity contribution in [3.05, 3.63) is 0 Å². The van der Waals surface area contributed by atoms with Crippen LogP contribution in [0.4, 0.5) is 0 Å². The second kappa shape index (κ2) is 7.49. The third kappa shape index (κ3) is 5.49. The molecular weight excluding hydrogens is 152 g/mol. The van der Waals surface area contributed by atoms with E-state index in [1.54, 1.807) is 0 Å². The van der Waals surface area contributed by atoms with Crippen LogP contribution in [-0.2, 0) is 0 Å². The van der Waals surface area contributed by atoms with E-state index in [4.69, 9.17) is 4.15 Å². The normalized spacial score (nSPS) is 33.5. The van der Waals surface area contributed by atoms with Crippen molar-refractivity contribution in [2.45, 2.75) is 0 Å². The molecule has 1 fully saturated rings. The Bertz CT molecular complexity index is 179. The fourth-order valence-electron chi connectivity index (χ4n) is 1.02. The lowest BCUT2D eigenvalue weighted by molar-refractivity contribution is 0.534. The van der Waals surface area contributed by atoms with Crippen LogP contribution in [0.3, 0.4) is 0 Å². The van der Waals surface area contributed by atoms with Gasteiger partial charge in [0.05, 0.1) is 0 Å². The summed E-state index contributed by atoms with van der Waals surface area (Å²) in [5.74, 6) is 0. The van der Waals surface area contributed by atoms with Gasteiger partial charge in [0.2, 0.25) is 0 Å². The molecule has 0 unspecified atom stereocenters. The Kier molecular flexibility index (Phi) is 3.94. The van der Waals surface area contributed by atoms with Gasteiger partial charge in [0.1, 0.15) is 1.41 Å². The Morgan fingerprint density at radius 2 is 1.25 bits per heavy atom. The van der Waals surface area contributed by atoms with Gasteiger partial charge in [-0.05, 0) is 0 Å². The van der Waals surface area contributed by atoms with E-state index in [0.29, 0.717) is 13.1 Å². The molecule has 0 amide bonds. The zero-order valence-electron chi connectivity index (χ0n) is 10.4. The van der Waals surface area contributed by atoms with Gasteiger partial charge in [0.25, 0.3) is 0 Å². The van der Waals surface area contributed by atoms with Crippen molar-refractivity contribution in [2.75, 3.05) is 52.3 Å². The minimum absolute atomic E-state index is 0.193. The van der Waals surface area contributed by atoms with Crippen LogP contribution in [0.5, 0.6) is 0 Å². The molecule has 0 aromatic rings. The third-order valence-electron chi connectivity index (χ3n) is 1.67. The first kappa shape index (κ1) is 6.32. The standard InChI is InChI=1S/C8H20N4/c1-2-10-5-6-12-8-7-11-4-3-9-1/h9-12H,1-8H2/i1D2/hD. The fraction of sp³-hybridized carbons (Fsp3) is 1.00. The van der Waals surface area contributed by atoms with Crippen molar-refractivity contribution in [2.24, 2.45) is 0 Å². The molecule has 1 heterocycles. The molecular formula is C8H20N4. The van der Waals surface area contributed by atoms with Gasteiger partial charge < -0.3 is 21.3 Å². The van der Waals surface area contributed by atoms with E-state index in [1.807, 2.05) is 0 Å². The Morgan fingerprint density at radius 3 is 1.92 bits per heavy atom. The van der Waals surface area contributed by atoms with Gasteiger partial charge in [-0.3, -0.25) is 0 Å². The Labute approximate surface area is 78.8 Å². The highest BCUT2D eigenvalue weighted by Crippen LogP contribution is 1.65. The van der Waals surface area contributed by atoms with Crippen molar-refractivity contribution in [1.82, 2.24) is 21.3 Å². The summed E-state index contributed by atoms with van der Waals surface area (Å²) in [6.07, 6.45) is 0. The molecule has 1 aliphatic rings. The molecule has 1 saturated heterocycles. The summed E-state index contributed by atoms with van der Waals surface area (Å²) in [6.45, 7) is 2.96. The summed E-state index contributed by atoms with van der Waals surface area (Å²) in [6, 6.07) is 0. The van der Waals surface area contributed by atoms with Gasteiger partial charge in [-0.25, -0.2) is 0 Å². The molecule has 1 aliphatic heterocycles. The first-order valence-electron chi connectivity index (χ1n) is 5.96. The van der Waals surface area contributed by atoms with Gasteiger partial charge >= 0.3 is 0 Å². The molecule has 0 aromatic carbocycles. The number of hydrogen-bond donors (Lipinski definition) is 4. The van der Waals surface area contributed by atoms with Gasteiger partial charge in [0, 0.05) is 55.1 Å². The molecule has 4 N–H and O–H groups in total. The van der Waals surface area contributed by atoms with Crippen molar-refractivity contribution < 1.29 is 4.15 Å². The minimum atomic E-state index is -1.60. The largest absolute Gasteiger partial charge is 0.314 e. The van der Waals surface area contributed by atoms with Crippen LogP contribution in [0.25, 0.3) is 0 Å². The molecule has 0 aromatic heterocycles. The molecule has 12 heavy (non-hydrogen) atoms. The second-order valence-electron chi connectivity index (χ2n) is 2.72. The first-order valence-corrected chi connectivity index (χ1v) is 4.51. The third-order valence-corrected chi connectivity index (χ3v) is 1.67. The van der Waals surface area contributed by atoms with E-state index in [-0.39, 0.29) is 6.54 Å². The van der Waals surface area contributed by atoms with E-state index in [9.17, 15) is 0 Å². The highest BCUT2D eigenvalue weighted by molar-refractivity contribution is 4.59. The van der Waals surface area contributed by atoms with Crippen molar-refractivity contribution >= 4 is 0 Å². The molecule has 72 valence electrons. The highest BCUT2D eigenvalue weighted by Gasteiger charge is 1.92. The lowest BCUT2D eigenvalue weighted by atomic mass is 10.4. The molecule has 0 aliphatic carbocycles. The summed E-state index contributed by atoms with van der Waals surface area (Å²) in [4.78, 5) is 0. The van der Waals surface area contributed by atoms with Crippen LogP contribution in [-0.4, -0.2) is 52.3 Å². The molecule has 4 nitrogen and oxygen atoms in total. The van der Waals surface area contributed by atoms with E-state index >= 15 is 0 Å². The lowest BCUT2D eigenvalue weighted by Gasteiger charge is -2.11. The zero-order chi connectivity index (χ0) is 11.1. The predicted molar refractivity (Wildman–Crippen MR) is 51.5 cm³/mol. The number of rotatable bonds is 0. The van der Waals surface area contributed by atoms with Crippen LogP contribution in [0.15, 0.2) is 0 Å². The summed E-state index contributed by atoms with van der Waals surface area (Å²) in [5.41, 5.74) is 0. The molecule has 0 spiro atoms. The van der Waals surface area contributed by atoms with Crippen LogP contribution in [0.2, 0.25) is 1.41 Å². The van der Waals surface area contributed by atoms with E-state index in [2.05, 4.69) is 16.0 Å². The molecule has 0 atom stereocenters. The topological polar surface area (TPSA) is 48.1 Å². The lowest BCUT2D eigenvalue weighted by Crippen LogP contribution is -2.39. The van der Waals surface area contributed by atoms with Crippen LogP contribution >= 0.6 is 0 Å². The molecule has 0 bridgehead atoms. The summed E-state index contributed by atoms with van der Waals surface area (Å²) in [5, 5.41) is 10.4. The maximum Gasteiger partial charge on any atom is 0.122 e. The Morgan fingerprint density at radius 1 is 0.750 bits per heavy atom. The fourth-order valence-corrected chi connectivity index (χ4v) is 1.02. The predicted octanol–water partition coefficient (Wildman–Crippen LogP) is -1.64. The first-order chi connectivity index (χ1) is 7.13. The van der Waals surface area contributed by atoms with E-state index in [0.717, 1.165) is 31.5 Å². The molecule has 0 saturated carbocycles. The Hall–Kier alpha value is -0.160. The van der Waals surface area contributed by atoms with Crippen molar-refractivity contribution in [3.8, 4) is 0 Å². The molecule has 4 heteroatoms. The van der Waals surface area contributed by atoms with Crippen molar-refractivity contribution in [3.63, 3.8) is 0 Å². The average Bonchev–Trinajstić information content (AvgIpc) is 2.18. The average molecular weight is 175 g/mol. The summed E-state index contributed by atoms with van der Waals surface area (Å²) < 4.78 is 22.9. The number of nitrogens with one attached hydrogen (secondary N) is 4. The van der Waals surface area contributed by atoms with Gasteiger partial charge in [-0.15, -0.1) is 0 Å². The maximum absolute atomic E-state index is 7.66. The van der Waals surface area contributed by atoms with Gasteiger partial charge in [0.15, 0.2) is 0 Å². The van der Waals surface area contributed by atoms with Crippen LogP contribution < -0.4 is 21.3 Å². The van der Waals surface area contributed by atoms with Crippen LogP contribution in [0.1, 0.15) is 2.74 Å². The molecule has 0 radical (unpaired) electrons. The second-order valence-corrected chi connectivity index (χ2v) is 2.72. The van der Waals surface area contributed by atoms with E-state index < -0.39 is 6.50 Å². The van der Waals surface area contributed by atoms with E-state index in [1.165, 1.54) is 0 Å². The summed E-state index contributed by atoms with van der Waals surface area (Å²) in [7, 11) is 0. The van der Waals surface area contributed by atoms with Crippen molar-refractivity contribution in [1.29, 1.82) is 0 Å². The highest BCUT2D eigenvalue weighted by atomic mass is 15.0. The minimum Gasteiger partial charge on any atom is -0.314 e. The maximum atomic E-state index is 7.66. The smallest absolute Gasteiger partial charge is 0.122 e. The monoisotopic (exact) mass is 175 g/mol. The number of hydrogen-bond acceptors (Lipinski definition) is 4. The zero-order valence-corrected chi connectivity index (χ0v) is 7.40. The SMILES string of the molecule is [2H]N1CCNCCNCCNCC1([2H])[2H]. The molecule has 1 rings (SSSR count). The summed E-state index contributed by atoms with van der Waals surface area (Å²) >= 11 is 0. The van der Waals surface area contributed by atoms with Gasteiger partial charge in [-0.1, -0.05) is 0 Å². The van der Waals surface area contributed by atoms with Gasteiger partial charge in [-0.2, -0.15) is 0 Å².